The molecule has 0 radical (unpaired) electrons. The lowest BCUT2D eigenvalue weighted by Crippen LogP contribution is -2.67. The van der Waals surface area contributed by atoms with Gasteiger partial charge < -0.3 is 30.6 Å². The highest BCUT2D eigenvalue weighted by atomic mass is 16.6. The highest BCUT2D eigenvalue weighted by Gasteiger charge is 2.53. The Bertz CT molecular complexity index is 1110. The van der Waals surface area contributed by atoms with Gasteiger partial charge >= 0.3 is 0 Å². The molecule has 4 rings (SSSR count). The lowest BCUT2D eigenvalue weighted by molar-refractivity contribution is -0.140. The number of carbonyl (C=O) groups excluding carboxylic acids is 4. The lowest BCUT2D eigenvalue weighted by atomic mass is 9.72. The molecule has 2 aliphatic heterocycles. The highest BCUT2D eigenvalue weighted by Crippen LogP contribution is 2.36. The molecule has 1 aliphatic carbocycles. The van der Waals surface area contributed by atoms with Gasteiger partial charge in [0.15, 0.2) is 5.78 Å². The molecule has 2 heterocycles. The summed E-state index contributed by atoms with van der Waals surface area (Å²) in [5, 5.41) is 5.58. The predicted molar refractivity (Wildman–Crippen MR) is 146 cm³/mol. The Kier molecular flexibility index (Phi) is 9.94. The first kappa shape index (κ1) is 29.7. The van der Waals surface area contributed by atoms with Crippen LogP contribution in [0.3, 0.4) is 0 Å². The number of methoxy groups -OCH3 is 1. The van der Waals surface area contributed by atoms with Crippen LogP contribution in [0.25, 0.3) is 0 Å². The van der Waals surface area contributed by atoms with E-state index in [1.54, 1.807) is 38.3 Å². The smallest absolute Gasteiger partial charge is 0.244 e. The van der Waals surface area contributed by atoms with E-state index in [0.29, 0.717) is 37.6 Å². The van der Waals surface area contributed by atoms with Gasteiger partial charge in [-0.1, -0.05) is 23.8 Å². The van der Waals surface area contributed by atoms with Crippen LogP contribution >= 0.6 is 0 Å². The van der Waals surface area contributed by atoms with Crippen LogP contribution in [-0.4, -0.2) is 92.7 Å². The van der Waals surface area contributed by atoms with Crippen molar-refractivity contribution in [2.45, 2.75) is 56.7 Å². The number of amides is 3. The molecule has 4 N–H and O–H groups in total. The summed E-state index contributed by atoms with van der Waals surface area (Å²) < 4.78 is 15.9. The normalized spacial score (nSPS) is 21.9. The molecule has 0 spiro atoms. The lowest BCUT2D eigenvalue weighted by Gasteiger charge is -2.39. The quantitative estimate of drug-likeness (QED) is 0.221. The van der Waals surface area contributed by atoms with Crippen molar-refractivity contribution in [3.63, 3.8) is 0 Å². The van der Waals surface area contributed by atoms with E-state index < -0.39 is 35.4 Å². The highest BCUT2D eigenvalue weighted by molar-refractivity contribution is 6.00. The van der Waals surface area contributed by atoms with Gasteiger partial charge in [-0.25, -0.2) is 0 Å². The molecule has 0 bridgehead atoms. The number of morpholine rings is 1. The summed E-state index contributed by atoms with van der Waals surface area (Å²) in [6.07, 6.45) is 4.41. The van der Waals surface area contributed by atoms with Crippen LogP contribution in [0.2, 0.25) is 0 Å². The summed E-state index contributed by atoms with van der Waals surface area (Å²) in [5.74, 6) is -2.31. The second kappa shape index (κ2) is 13.4. The molecule has 4 atom stereocenters. The van der Waals surface area contributed by atoms with Gasteiger partial charge in [0.05, 0.1) is 39.4 Å². The van der Waals surface area contributed by atoms with Gasteiger partial charge in [-0.05, 0) is 50.3 Å². The molecule has 40 heavy (non-hydrogen) atoms. The van der Waals surface area contributed by atoms with Crippen molar-refractivity contribution in [2.24, 2.45) is 11.7 Å². The Morgan fingerprint density at radius 2 is 1.88 bits per heavy atom. The molecule has 11 heteroatoms. The average Bonchev–Trinajstić information content (AvgIpc) is 3.67. The maximum absolute atomic E-state index is 13.7. The van der Waals surface area contributed by atoms with Gasteiger partial charge in [-0.15, -0.1) is 0 Å². The fourth-order valence-electron chi connectivity index (χ4n) is 5.42. The molecule has 3 amide bonds. The van der Waals surface area contributed by atoms with E-state index in [-0.39, 0.29) is 37.7 Å². The van der Waals surface area contributed by atoms with E-state index in [0.717, 1.165) is 24.8 Å². The third-order valence-corrected chi connectivity index (χ3v) is 7.86. The minimum Gasteiger partial charge on any atom is -0.497 e. The van der Waals surface area contributed by atoms with Gasteiger partial charge in [-0.3, -0.25) is 24.1 Å². The number of ether oxygens (including phenoxy) is 3. The minimum absolute atomic E-state index is 0.0110. The molecule has 218 valence electrons. The van der Waals surface area contributed by atoms with Crippen LogP contribution in [0.5, 0.6) is 5.75 Å². The van der Waals surface area contributed by atoms with Crippen molar-refractivity contribution >= 4 is 23.5 Å². The number of primary amides is 1. The third kappa shape index (κ3) is 7.47. The maximum atomic E-state index is 13.7. The second-order valence-corrected chi connectivity index (χ2v) is 10.8. The monoisotopic (exact) mass is 556 g/mol. The Morgan fingerprint density at radius 1 is 1.18 bits per heavy atom. The Hall–Kier alpha value is -3.28. The number of benzene rings is 1. The van der Waals surface area contributed by atoms with Crippen molar-refractivity contribution in [2.75, 3.05) is 46.6 Å². The number of nitrogens with two attached hydrogens (primary N) is 1. The molecule has 1 aromatic rings. The first-order valence-corrected chi connectivity index (χ1v) is 13.9. The van der Waals surface area contributed by atoms with Crippen LogP contribution in [0.4, 0.5) is 0 Å². The molecule has 1 unspecified atom stereocenters. The Labute approximate surface area is 234 Å². The summed E-state index contributed by atoms with van der Waals surface area (Å²) in [7, 11) is 1.55. The second-order valence-electron chi connectivity index (χ2n) is 10.8. The fourth-order valence-corrected chi connectivity index (χ4v) is 5.42. The van der Waals surface area contributed by atoms with Gasteiger partial charge in [0.2, 0.25) is 17.7 Å². The molecule has 1 aromatic carbocycles. The number of nitrogens with zero attached hydrogens (tertiary/aromatic N) is 1. The van der Waals surface area contributed by atoms with E-state index in [9.17, 15) is 19.2 Å². The van der Waals surface area contributed by atoms with Gasteiger partial charge in [-0.2, -0.15) is 0 Å². The fraction of sp³-hybridized carbons (Fsp3) is 0.586. The number of hydrogen-bond acceptors (Lipinski definition) is 8. The third-order valence-electron chi connectivity index (χ3n) is 7.86. The van der Waals surface area contributed by atoms with Crippen molar-refractivity contribution in [3.05, 3.63) is 41.5 Å². The molecule has 2 fully saturated rings. The van der Waals surface area contributed by atoms with Gasteiger partial charge in [0.25, 0.3) is 0 Å². The Balaban J connectivity index is 1.60. The van der Waals surface area contributed by atoms with E-state index in [2.05, 4.69) is 16.7 Å². The van der Waals surface area contributed by atoms with Gasteiger partial charge in [0, 0.05) is 19.5 Å². The van der Waals surface area contributed by atoms with Crippen LogP contribution in [0.1, 0.15) is 38.2 Å². The largest absolute Gasteiger partial charge is 0.497 e. The number of nitrogens with one attached hydrogen (secondary N) is 2. The van der Waals surface area contributed by atoms with Crippen LogP contribution in [0.15, 0.2) is 35.9 Å². The SMILES string of the molecule is COc1ccc(CC(NC(=O)[C@H](C)NC(=O)CN2CCOCC2)(C(N)=O)[C@H](CC2=CCCC2)C(=O)[C@H]2CO2)cc1. The van der Waals surface area contributed by atoms with Crippen LogP contribution in [-0.2, 0) is 35.1 Å². The standard InChI is InChI=1S/C29H40N4O7/c1-19(31-25(34)17-33-11-13-39-14-12-33)27(36)32-29(28(30)37,16-21-7-9-22(38-2)10-8-21)23(26(35)24-18-40-24)15-20-5-3-4-6-20/h5,7-10,19,23-24H,3-4,6,11-18H2,1-2H3,(H2,30,37)(H,31,34)(H,32,36)/t19-,23+,24+,29?/m0/s1. The van der Waals surface area contributed by atoms with Gasteiger partial charge in [0.1, 0.15) is 23.4 Å². The Morgan fingerprint density at radius 3 is 2.45 bits per heavy atom. The topological polar surface area (TPSA) is 153 Å². The van der Waals surface area contributed by atoms with E-state index in [1.165, 1.54) is 0 Å². The van der Waals surface area contributed by atoms with Crippen LogP contribution in [0, 0.1) is 5.92 Å². The number of ketones is 1. The van der Waals surface area contributed by atoms with E-state index in [1.807, 2.05) is 4.90 Å². The molecule has 3 aliphatic rings. The number of rotatable bonds is 14. The summed E-state index contributed by atoms with van der Waals surface area (Å²) in [6.45, 7) is 4.30. The molecule has 11 nitrogen and oxygen atoms in total. The number of hydrogen-bond donors (Lipinski definition) is 3. The van der Waals surface area contributed by atoms with Crippen LogP contribution < -0.4 is 21.1 Å². The number of epoxide rings is 1. The zero-order valence-electron chi connectivity index (χ0n) is 23.3. The molecule has 2 saturated heterocycles. The summed E-state index contributed by atoms with van der Waals surface area (Å²) in [4.78, 5) is 55.3. The van der Waals surface area contributed by atoms with E-state index >= 15 is 0 Å². The first-order valence-electron chi connectivity index (χ1n) is 13.9. The summed E-state index contributed by atoms with van der Waals surface area (Å²) in [6, 6.07) is 6.08. The van der Waals surface area contributed by atoms with Crippen molar-refractivity contribution in [1.29, 1.82) is 0 Å². The molecule has 0 aromatic heterocycles. The van der Waals surface area contributed by atoms with Crippen molar-refractivity contribution < 1.29 is 33.4 Å². The molecular weight excluding hydrogens is 516 g/mol. The summed E-state index contributed by atoms with van der Waals surface area (Å²) >= 11 is 0. The number of allylic oxidation sites excluding steroid dienone is 2. The molecule has 0 saturated carbocycles. The number of Topliss-reactive ketones (excluding diaryl/α,β-unsaturated/α-hetero) is 1. The van der Waals surface area contributed by atoms with E-state index in [4.69, 9.17) is 19.9 Å². The van der Waals surface area contributed by atoms with Crippen molar-refractivity contribution in [3.8, 4) is 5.75 Å². The summed E-state index contributed by atoms with van der Waals surface area (Å²) in [5.41, 5.74) is 6.09. The zero-order valence-corrected chi connectivity index (χ0v) is 23.3. The zero-order chi connectivity index (χ0) is 28.7. The number of carbonyl (C=O) groups is 4. The average molecular weight is 557 g/mol. The first-order chi connectivity index (χ1) is 19.2. The maximum Gasteiger partial charge on any atom is 0.244 e. The predicted octanol–water partition coefficient (Wildman–Crippen LogP) is 0.499. The van der Waals surface area contributed by atoms with Crippen molar-refractivity contribution in [1.82, 2.24) is 15.5 Å². The molecular formula is C29H40N4O7. The minimum atomic E-state index is -1.75.